The molecular formula is C22H40HfN4. The molecule has 0 aromatic carbocycles. The van der Waals surface area contributed by atoms with Gasteiger partial charge < -0.3 is 0 Å². The third-order valence-corrected chi connectivity index (χ3v) is 29.2. The summed E-state index contributed by atoms with van der Waals surface area (Å²) in [6, 6.07) is 0. The van der Waals surface area contributed by atoms with Crippen molar-refractivity contribution >= 4 is 11.4 Å². The first-order valence-electron chi connectivity index (χ1n) is 9.95. The summed E-state index contributed by atoms with van der Waals surface area (Å²) in [4.78, 5) is 10.9. The molecular weight excluding hydrogens is 499 g/mol. The van der Waals surface area contributed by atoms with Gasteiger partial charge in [-0.1, -0.05) is 0 Å². The van der Waals surface area contributed by atoms with Crippen molar-refractivity contribution in [2.45, 2.75) is 62.0 Å². The Morgan fingerprint density at radius 1 is 0.852 bits per heavy atom. The third-order valence-electron chi connectivity index (χ3n) is 6.28. The van der Waals surface area contributed by atoms with Gasteiger partial charge >= 0.3 is 173 Å². The number of allylic oxidation sites excluding steroid dienone is 2. The van der Waals surface area contributed by atoms with Gasteiger partial charge in [0.05, 0.1) is 0 Å². The van der Waals surface area contributed by atoms with Crippen LogP contribution in [0.25, 0.3) is 0 Å². The molecule has 0 fully saturated rings. The van der Waals surface area contributed by atoms with E-state index in [0.717, 1.165) is 5.71 Å². The van der Waals surface area contributed by atoms with Crippen LogP contribution in [0.1, 0.15) is 55.4 Å². The Morgan fingerprint density at radius 3 is 1.67 bits per heavy atom. The molecule has 0 amide bonds. The molecule has 0 aromatic rings. The standard InChI is InChI=1S/C12H20N.C6H8N.2C2H6N.Hf/c1-11(2,3)9-7-8-10(13-9)12(4,5)6;1-5-3-4-6(2)7-5;2*1-3-2;/h7-8H,1-6H3;3-4H,1-2H3;2*1-2H3;/q;;2*-1;+2. The second-order valence-corrected chi connectivity index (χ2v) is 28.4. The summed E-state index contributed by atoms with van der Waals surface area (Å²) in [5.74, 6) is 0. The van der Waals surface area contributed by atoms with Gasteiger partial charge in [-0.2, -0.15) is 0 Å². The molecule has 0 bridgehead atoms. The first-order valence-corrected chi connectivity index (χ1v) is 16.8. The zero-order valence-electron chi connectivity index (χ0n) is 19.6. The first-order chi connectivity index (χ1) is 12.0. The minimum absolute atomic E-state index is 0.0184. The monoisotopic (exact) mass is 540 g/mol. The second kappa shape index (κ2) is 6.84. The summed E-state index contributed by atoms with van der Waals surface area (Å²) in [5.41, 5.74) is 2.34. The fraction of sp³-hybridized carbons (Fsp3) is 0.727. The Bertz CT molecular complexity index is 708. The molecule has 0 aliphatic carbocycles. The van der Waals surface area contributed by atoms with Gasteiger partial charge in [0.1, 0.15) is 0 Å². The van der Waals surface area contributed by atoms with Crippen molar-refractivity contribution < 1.29 is 20.5 Å². The van der Waals surface area contributed by atoms with E-state index in [1.165, 1.54) is 5.71 Å². The molecule has 0 saturated heterocycles. The van der Waals surface area contributed by atoms with E-state index in [-0.39, 0.29) is 17.4 Å². The Labute approximate surface area is 172 Å². The van der Waals surface area contributed by atoms with Gasteiger partial charge in [-0.25, -0.2) is 0 Å². The van der Waals surface area contributed by atoms with E-state index in [4.69, 9.17) is 9.98 Å². The summed E-state index contributed by atoms with van der Waals surface area (Å²) in [5, 5.41) is 0. The molecule has 2 atom stereocenters. The van der Waals surface area contributed by atoms with Crippen LogP contribution in [-0.2, 0) is 20.5 Å². The van der Waals surface area contributed by atoms with Crippen LogP contribution in [0.4, 0.5) is 0 Å². The van der Waals surface area contributed by atoms with Crippen molar-refractivity contribution in [1.82, 2.24) is 5.78 Å². The molecule has 2 unspecified atom stereocenters. The Hall–Kier alpha value is -0.390. The average molecular weight is 539 g/mol. The van der Waals surface area contributed by atoms with Gasteiger partial charge in [0.15, 0.2) is 0 Å². The average Bonchev–Trinajstić information content (AvgIpc) is 3.03. The fourth-order valence-corrected chi connectivity index (χ4v) is 30.6. The maximum absolute atomic E-state index is 5.61. The summed E-state index contributed by atoms with van der Waals surface area (Å²) in [7, 11) is 9.04. The molecule has 152 valence electrons. The third kappa shape index (κ3) is 3.22. The SMILES string of the molecule is CC1=N[C](C)([Hf]([N](C)C)([N](C)C)[C]2(C(C)(C)C)C=CC(C(C)(C)C)=N2)C=C1. The van der Waals surface area contributed by atoms with E-state index in [0.29, 0.717) is 0 Å². The van der Waals surface area contributed by atoms with Crippen LogP contribution in [0.2, 0.25) is 0 Å². The van der Waals surface area contributed by atoms with Crippen LogP contribution < -0.4 is 0 Å². The minimum atomic E-state index is -3.78. The molecule has 0 spiro atoms. The molecule has 0 radical (unpaired) electrons. The second-order valence-electron chi connectivity index (χ2n) is 10.8. The summed E-state index contributed by atoms with van der Waals surface area (Å²) in [6.07, 6.45) is 9.30. The molecule has 0 N–H and O–H groups in total. The van der Waals surface area contributed by atoms with Gasteiger partial charge in [0, 0.05) is 0 Å². The van der Waals surface area contributed by atoms with Crippen molar-refractivity contribution in [3.63, 3.8) is 0 Å². The molecule has 27 heavy (non-hydrogen) atoms. The fourth-order valence-electron chi connectivity index (χ4n) is 5.31. The van der Waals surface area contributed by atoms with Crippen LogP contribution in [0.3, 0.4) is 0 Å². The zero-order valence-corrected chi connectivity index (χ0v) is 23.2. The number of aliphatic imine (C=N–C) groups is 2. The van der Waals surface area contributed by atoms with Crippen molar-refractivity contribution in [3.05, 3.63) is 24.3 Å². The first kappa shape index (κ1) is 22.9. The Balaban J connectivity index is 2.95. The van der Waals surface area contributed by atoms with Crippen molar-refractivity contribution in [2.24, 2.45) is 20.8 Å². The van der Waals surface area contributed by atoms with E-state index in [2.05, 4.69) is 114 Å². The molecule has 2 rings (SSSR count). The van der Waals surface area contributed by atoms with E-state index in [9.17, 15) is 0 Å². The molecule has 2 aliphatic rings. The summed E-state index contributed by atoms with van der Waals surface area (Å²) >= 11 is -3.78. The van der Waals surface area contributed by atoms with Gasteiger partial charge in [-0.15, -0.1) is 0 Å². The van der Waals surface area contributed by atoms with Crippen molar-refractivity contribution in [3.8, 4) is 0 Å². The number of nitrogens with zero attached hydrogens (tertiary/aromatic N) is 4. The molecule has 5 heteroatoms. The molecule has 2 heterocycles. The van der Waals surface area contributed by atoms with Crippen LogP contribution in [0.15, 0.2) is 34.3 Å². The predicted octanol–water partition coefficient (Wildman–Crippen LogP) is 4.64. The van der Waals surface area contributed by atoms with E-state index >= 15 is 0 Å². The summed E-state index contributed by atoms with van der Waals surface area (Å²) < 4.78 is 4.63. The van der Waals surface area contributed by atoms with Gasteiger partial charge in [-0.05, 0) is 0 Å². The molecule has 0 saturated carbocycles. The van der Waals surface area contributed by atoms with Gasteiger partial charge in [-0.3, -0.25) is 0 Å². The molecule has 2 aliphatic heterocycles. The van der Waals surface area contributed by atoms with Crippen LogP contribution in [0, 0.1) is 10.8 Å². The van der Waals surface area contributed by atoms with Crippen LogP contribution >= 0.6 is 0 Å². The Kier molecular flexibility index (Phi) is 5.80. The van der Waals surface area contributed by atoms with Gasteiger partial charge in [0.25, 0.3) is 0 Å². The van der Waals surface area contributed by atoms with E-state index < -0.39 is 20.5 Å². The molecule has 4 nitrogen and oxygen atoms in total. The zero-order chi connectivity index (χ0) is 21.1. The van der Waals surface area contributed by atoms with Crippen molar-refractivity contribution in [2.75, 3.05) is 28.2 Å². The van der Waals surface area contributed by atoms with E-state index in [1.54, 1.807) is 0 Å². The number of rotatable bonds is 4. The van der Waals surface area contributed by atoms with E-state index in [1.807, 2.05) is 0 Å². The van der Waals surface area contributed by atoms with Gasteiger partial charge in [0.2, 0.25) is 0 Å². The predicted molar refractivity (Wildman–Crippen MR) is 116 cm³/mol. The van der Waals surface area contributed by atoms with Crippen molar-refractivity contribution in [1.29, 1.82) is 0 Å². The number of hydrogen-bond donors (Lipinski definition) is 0. The quantitative estimate of drug-likeness (QED) is 0.488. The van der Waals surface area contributed by atoms with Crippen LogP contribution in [-0.4, -0.2) is 52.0 Å². The summed E-state index contributed by atoms with van der Waals surface area (Å²) in [6.45, 7) is 18.3. The number of hydrogen-bond acceptors (Lipinski definition) is 4. The Morgan fingerprint density at radius 2 is 1.37 bits per heavy atom. The topological polar surface area (TPSA) is 31.2 Å². The normalized spacial score (nSPS) is 29.1. The maximum atomic E-state index is 5.61. The van der Waals surface area contributed by atoms with Crippen LogP contribution in [0.5, 0.6) is 0 Å². The molecule has 0 aromatic heterocycles.